The van der Waals surface area contributed by atoms with Gasteiger partial charge in [0.1, 0.15) is 11.8 Å². The molecule has 1 atom stereocenters. The molecule has 0 saturated carbocycles. The Morgan fingerprint density at radius 3 is 2.62 bits per heavy atom. The Balaban J connectivity index is 1.53. The van der Waals surface area contributed by atoms with E-state index in [0.29, 0.717) is 23.7 Å². The number of ether oxygens (including phenoxy) is 1. The molecule has 0 bridgehead atoms. The number of hydrogen-bond acceptors (Lipinski definition) is 6. The van der Waals surface area contributed by atoms with Gasteiger partial charge in [0.15, 0.2) is 5.13 Å². The summed E-state index contributed by atoms with van der Waals surface area (Å²) < 4.78 is 33.2. The smallest absolute Gasteiger partial charge is 0.244 e. The van der Waals surface area contributed by atoms with E-state index < -0.39 is 16.1 Å². The zero-order chi connectivity index (χ0) is 22.7. The van der Waals surface area contributed by atoms with E-state index in [1.165, 1.54) is 15.6 Å². The minimum Gasteiger partial charge on any atom is -0.497 e. The first-order valence-corrected chi connectivity index (χ1v) is 12.7. The van der Waals surface area contributed by atoms with E-state index in [2.05, 4.69) is 10.3 Å². The first-order chi connectivity index (χ1) is 15.4. The molecular weight excluding hydrogens is 446 g/mol. The van der Waals surface area contributed by atoms with Gasteiger partial charge in [0, 0.05) is 17.5 Å². The number of amides is 1. The molecule has 1 aliphatic rings. The minimum atomic E-state index is -3.78. The molecule has 0 spiro atoms. The van der Waals surface area contributed by atoms with Gasteiger partial charge in [-0.2, -0.15) is 4.31 Å². The molecule has 0 unspecified atom stereocenters. The normalized spacial score (nSPS) is 17.1. The van der Waals surface area contributed by atoms with Crippen molar-refractivity contribution in [3.63, 3.8) is 0 Å². The number of aromatic nitrogens is 1. The number of nitrogens with zero attached hydrogens (tertiary/aromatic N) is 2. The van der Waals surface area contributed by atoms with E-state index in [9.17, 15) is 13.2 Å². The standard InChI is InChI=1S/C23H25N3O4S2/c1-16-7-3-4-9-21(16)32(28,29)26-14-6-5-8-20(26)22(27)25-23-24-19(15-31-23)17-10-12-18(30-2)13-11-17/h3-4,7,9-13,15,20H,5-6,8,14H2,1-2H3,(H,24,25,27)/t20-/m1/s1. The third-order valence-electron chi connectivity index (χ3n) is 5.56. The average molecular weight is 472 g/mol. The molecule has 2 heterocycles. The van der Waals surface area contributed by atoms with Gasteiger partial charge in [-0.25, -0.2) is 13.4 Å². The second kappa shape index (κ2) is 9.40. The van der Waals surface area contributed by atoms with Crippen LogP contribution in [0.1, 0.15) is 24.8 Å². The number of anilines is 1. The Hall–Kier alpha value is -2.75. The molecule has 0 radical (unpaired) electrons. The fraction of sp³-hybridized carbons (Fsp3) is 0.304. The van der Waals surface area contributed by atoms with Crippen LogP contribution in [0.3, 0.4) is 0 Å². The van der Waals surface area contributed by atoms with Crippen LogP contribution in [0.5, 0.6) is 5.75 Å². The van der Waals surface area contributed by atoms with Crippen LogP contribution in [0.15, 0.2) is 58.8 Å². The number of carbonyl (C=O) groups is 1. The molecule has 1 aromatic heterocycles. The molecule has 2 aromatic carbocycles. The van der Waals surface area contributed by atoms with Crippen molar-refractivity contribution in [3.8, 4) is 17.0 Å². The summed E-state index contributed by atoms with van der Waals surface area (Å²) in [5.41, 5.74) is 2.31. The predicted molar refractivity (Wildman–Crippen MR) is 125 cm³/mol. The molecule has 3 aromatic rings. The molecule has 1 amide bonds. The van der Waals surface area contributed by atoms with Crippen molar-refractivity contribution in [2.24, 2.45) is 0 Å². The minimum absolute atomic E-state index is 0.246. The highest BCUT2D eigenvalue weighted by Crippen LogP contribution is 2.30. The monoisotopic (exact) mass is 471 g/mol. The Kier molecular flexibility index (Phi) is 6.59. The molecule has 32 heavy (non-hydrogen) atoms. The number of methoxy groups -OCH3 is 1. The number of sulfonamides is 1. The Bertz CT molecular complexity index is 1210. The quantitative estimate of drug-likeness (QED) is 0.579. The topological polar surface area (TPSA) is 88.6 Å². The summed E-state index contributed by atoms with van der Waals surface area (Å²) in [4.78, 5) is 17.9. The van der Waals surface area contributed by atoms with E-state index >= 15 is 0 Å². The second-order valence-corrected chi connectivity index (χ2v) is 10.4. The zero-order valence-corrected chi connectivity index (χ0v) is 19.6. The molecule has 1 saturated heterocycles. The number of rotatable bonds is 6. The molecular formula is C23H25N3O4S2. The van der Waals surface area contributed by atoms with Gasteiger partial charge in [-0.3, -0.25) is 4.79 Å². The van der Waals surface area contributed by atoms with E-state index in [1.54, 1.807) is 38.3 Å². The summed E-state index contributed by atoms with van der Waals surface area (Å²) in [7, 11) is -2.17. The van der Waals surface area contributed by atoms with Gasteiger partial charge in [0.25, 0.3) is 0 Å². The van der Waals surface area contributed by atoms with Crippen LogP contribution >= 0.6 is 11.3 Å². The van der Waals surface area contributed by atoms with Gasteiger partial charge < -0.3 is 10.1 Å². The predicted octanol–water partition coefficient (Wildman–Crippen LogP) is 4.31. The maximum absolute atomic E-state index is 13.3. The van der Waals surface area contributed by atoms with Crippen LogP contribution < -0.4 is 10.1 Å². The van der Waals surface area contributed by atoms with Crippen molar-refractivity contribution in [1.82, 2.24) is 9.29 Å². The molecule has 168 valence electrons. The summed E-state index contributed by atoms with van der Waals surface area (Å²) in [6.07, 6.45) is 2.01. The van der Waals surface area contributed by atoms with E-state index in [1.807, 2.05) is 29.6 Å². The van der Waals surface area contributed by atoms with Gasteiger partial charge in [0.2, 0.25) is 15.9 Å². The summed E-state index contributed by atoms with van der Waals surface area (Å²) in [6, 6.07) is 13.6. The number of carbonyl (C=O) groups excluding carboxylic acids is 1. The lowest BCUT2D eigenvalue weighted by molar-refractivity contribution is -0.120. The Morgan fingerprint density at radius 2 is 1.91 bits per heavy atom. The highest BCUT2D eigenvalue weighted by molar-refractivity contribution is 7.89. The van der Waals surface area contributed by atoms with Gasteiger partial charge in [-0.15, -0.1) is 11.3 Å². The zero-order valence-electron chi connectivity index (χ0n) is 17.9. The van der Waals surface area contributed by atoms with E-state index in [4.69, 9.17) is 4.74 Å². The van der Waals surface area contributed by atoms with Crippen molar-refractivity contribution in [2.75, 3.05) is 19.0 Å². The largest absolute Gasteiger partial charge is 0.497 e. The average Bonchev–Trinajstić information content (AvgIpc) is 3.27. The molecule has 7 nitrogen and oxygen atoms in total. The van der Waals surface area contributed by atoms with Crippen molar-refractivity contribution in [3.05, 3.63) is 59.5 Å². The summed E-state index contributed by atoms with van der Waals surface area (Å²) in [5, 5.41) is 5.14. The molecule has 1 aliphatic heterocycles. The number of piperidine rings is 1. The van der Waals surface area contributed by atoms with Gasteiger partial charge in [-0.05, 0) is 55.7 Å². The van der Waals surface area contributed by atoms with Crippen LogP contribution in [-0.4, -0.2) is 43.3 Å². The van der Waals surface area contributed by atoms with Crippen LogP contribution in [0.2, 0.25) is 0 Å². The first kappa shape index (κ1) is 22.4. The number of hydrogen-bond donors (Lipinski definition) is 1. The van der Waals surface area contributed by atoms with Crippen molar-refractivity contribution < 1.29 is 17.9 Å². The highest BCUT2D eigenvalue weighted by Gasteiger charge is 2.38. The SMILES string of the molecule is COc1ccc(-c2csc(NC(=O)[C@H]3CCCCN3S(=O)(=O)c3ccccc3C)n2)cc1. The summed E-state index contributed by atoms with van der Waals surface area (Å²) in [6.45, 7) is 2.09. The fourth-order valence-electron chi connectivity index (χ4n) is 3.84. The maximum atomic E-state index is 13.3. The highest BCUT2D eigenvalue weighted by atomic mass is 32.2. The second-order valence-electron chi connectivity index (χ2n) is 7.65. The number of aryl methyl sites for hydroxylation is 1. The van der Waals surface area contributed by atoms with Crippen molar-refractivity contribution in [2.45, 2.75) is 37.1 Å². The summed E-state index contributed by atoms with van der Waals surface area (Å²) >= 11 is 1.31. The molecule has 1 N–H and O–H groups in total. The molecule has 9 heteroatoms. The van der Waals surface area contributed by atoms with Crippen LogP contribution in [0.25, 0.3) is 11.3 Å². The lowest BCUT2D eigenvalue weighted by Crippen LogP contribution is -2.49. The van der Waals surface area contributed by atoms with E-state index in [-0.39, 0.29) is 10.8 Å². The Labute approximate surface area is 192 Å². The van der Waals surface area contributed by atoms with Crippen LogP contribution in [0, 0.1) is 6.92 Å². The lowest BCUT2D eigenvalue weighted by atomic mass is 10.0. The summed E-state index contributed by atoms with van der Waals surface area (Å²) in [5.74, 6) is 0.405. The maximum Gasteiger partial charge on any atom is 0.244 e. The molecule has 4 rings (SSSR count). The first-order valence-electron chi connectivity index (χ1n) is 10.4. The van der Waals surface area contributed by atoms with E-state index in [0.717, 1.165) is 29.8 Å². The van der Waals surface area contributed by atoms with Crippen molar-refractivity contribution in [1.29, 1.82) is 0 Å². The Morgan fingerprint density at radius 1 is 1.16 bits per heavy atom. The fourth-order valence-corrected chi connectivity index (χ4v) is 6.45. The third-order valence-corrected chi connectivity index (χ3v) is 8.38. The van der Waals surface area contributed by atoms with Crippen LogP contribution in [-0.2, 0) is 14.8 Å². The third kappa shape index (κ3) is 4.55. The van der Waals surface area contributed by atoms with Gasteiger partial charge in [0.05, 0.1) is 17.7 Å². The number of benzene rings is 2. The molecule has 0 aliphatic carbocycles. The van der Waals surface area contributed by atoms with Crippen LogP contribution in [0.4, 0.5) is 5.13 Å². The number of thiazole rings is 1. The van der Waals surface area contributed by atoms with Gasteiger partial charge in [-0.1, -0.05) is 24.6 Å². The lowest BCUT2D eigenvalue weighted by Gasteiger charge is -2.33. The van der Waals surface area contributed by atoms with Crippen molar-refractivity contribution >= 4 is 32.4 Å². The van der Waals surface area contributed by atoms with Gasteiger partial charge >= 0.3 is 0 Å². The molecule has 1 fully saturated rings. The number of nitrogens with one attached hydrogen (secondary N) is 1.